The molecule has 4 rings (SSSR count). The van der Waals surface area contributed by atoms with E-state index in [1.54, 1.807) is 12.1 Å². The molecule has 1 saturated heterocycles. The Balaban J connectivity index is 1.60. The van der Waals surface area contributed by atoms with Crippen LogP contribution >= 0.6 is 0 Å². The number of halogens is 2. The zero-order chi connectivity index (χ0) is 18.3. The second-order valence-electron chi connectivity index (χ2n) is 7.75. The van der Waals surface area contributed by atoms with Gasteiger partial charge < -0.3 is 4.90 Å². The number of aryl methyl sites for hydroxylation is 1. The van der Waals surface area contributed by atoms with E-state index in [0.717, 1.165) is 50.4 Å². The van der Waals surface area contributed by atoms with Crippen molar-refractivity contribution in [2.45, 2.75) is 37.6 Å². The number of likely N-dealkylation sites (tertiary alicyclic amines) is 1. The van der Waals surface area contributed by atoms with Crippen molar-refractivity contribution in [1.29, 1.82) is 0 Å². The lowest BCUT2D eigenvalue weighted by Gasteiger charge is -2.40. The molecule has 2 aliphatic rings. The lowest BCUT2D eigenvalue weighted by Crippen LogP contribution is -2.45. The molecule has 138 valence electrons. The molecule has 4 nitrogen and oxygen atoms in total. The number of rotatable bonds is 3. The van der Waals surface area contributed by atoms with Crippen LogP contribution in [0.2, 0.25) is 0 Å². The van der Waals surface area contributed by atoms with Gasteiger partial charge in [-0.25, -0.2) is 18.7 Å². The summed E-state index contributed by atoms with van der Waals surface area (Å²) < 4.78 is 27.6. The molecular weight excluding hydrogens is 334 g/mol. The molecule has 0 saturated carbocycles. The molecule has 1 aliphatic heterocycles. The topological polar surface area (TPSA) is 32.3 Å². The summed E-state index contributed by atoms with van der Waals surface area (Å²) in [6.07, 6.45) is 6.13. The van der Waals surface area contributed by atoms with Gasteiger partial charge in [0, 0.05) is 44.4 Å². The summed E-state index contributed by atoms with van der Waals surface area (Å²) in [5.41, 5.74) is 2.82. The summed E-state index contributed by atoms with van der Waals surface area (Å²) >= 11 is 0. The van der Waals surface area contributed by atoms with Gasteiger partial charge in [0.05, 0.1) is 5.69 Å². The summed E-state index contributed by atoms with van der Waals surface area (Å²) in [5, 5.41) is 0. The van der Waals surface area contributed by atoms with Crippen LogP contribution in [0.3, 0.4) is 0 Å². The molecule has 6 heteroatoms. The molecule has 0 radical (unpaired) electrons. The Kier molecular flexibility index (Phi) is 4.39. The highest BCUT2D eigenvalue weighted by molar-refractivity contribution is 5.39. The average Bonchev–Trinajstić information content (AvgIpc) is 2.96. The number of hydrogen-bond acceptors (Lipinski definition) is 4. The van der Waals surface area contributed by atoms with Crippen LogP contribution in [0.4, 0.5) is 14.7 Å². The molecule has 1 fully saturated rings. The van der Waals surface area contributed by atoms with E-state index < -0.39 is 11.6 Å². The highest BCUT2D eigenvalue weighted by atomic mass is 19.2. The van der Waals surface area contributed by atoms with E-state index >= 15 is 0 Å². The van der Waals surface area contributed by atoms with Gasteiger partial charge in [-0.1, -0.05) is 12.1 Å². The van der Waals surface area contributed by atoms with Gasteiger partial charge in [-0.3, -0.25) is 4.90 Å². The van der Waals surface area contributed by atoms with Crippen molar-refractivity contribution in [3.63, 3.8) is 0 Å². The van der Waals surface area contributed by atoms with Gasteiger partial charge in [0.1, 0.15) is 0 Å². The molecule has 1 aromatic carbocycles. The fourth-order valence-corrected chi connectivity index (χ4v) is 4.42. The summed E-state index contributed by atoms with van der Waals surface area (Å²) in [5.74, 6) is -0.765. The number of benzene rings is 1. The van der Waals surface area contributed by atoms with E-state index in [9.17, 15) is 8.78 Å². The summed E-state index contributed by atoms with van der Waals surface area (Å²) in [4.78, 5) is 13.5. The molecule has 2 heterocycles. The van der Waals surface area contributed by atoms with Crippen molar-refractivity contribution in [2.75, 3.05) is 32.1 Å². The Bertz CT molecular complexity index is 819. The second kappa shape index (κ2) is 6.58. The number of fused-ring (bicyclic) bond motifs is 2. The van der Waals surface area contributed by atoms with E-state index in [1.165, 1.54) is 11.6 Å². The summed E-state index contributed by atoms with van der Waals surface area (Å²) in [7, 11) is 3.90. The SMILES string of the molecule is CN(C)c1ncc2c(n1)C1(CCCN(Cc3cccc(F)c3F)C1)CC2. The van der Waals surface area contributed by atoms with E-state index in [4.69, 9.17) is 4.98 Å². The predicted octanol–water partition coefficient (Wildman–Crippen LogP) is 3.30. The number of hydrogen-bond donors (Lipinski definition) is 0. The van der Waals surface area contributed by atoms with Gasteiger partial charge in [0.15, 0.2) is 11.6 Å². The van der Waals surface area contributed by atoms with Gasteiger partial charge in [0.25, 0.3) is 0 Å². The quantitative estimate of drug-likeness (QED) is 0.843. The third-order valence-electron chi connectivity index (χ3n) is 5.71. The summed E-state index contributed by atoms with van der Waals surface area (Å²) in [6.45, 7) is 2.17. The third-order valence-corrected chi connectivity index (χ3v) is 5.71. The predicted molar refractivity (Wildman–Crippen MR) is 97.2 cm³/mol. The third kappa shape index (κ3) is 2.96. The number of piperidine rings is 1. The first kappa shape index (κ1) is 17.3. The van der Waals surface area contributed by atoms with Crippen molar-refractivity contribution < 1.29 is 8.78 Å². The van der Waals surface area contributed by atoms with E-state index in [2.05, 4.69) is 9.88 Å². The Hall–Kier alpha value is -2.08. The summed E-state index contributed by atoms with van der Waals surface area (Å²) in [6, 6.07) is 4.42. The maximum atomic E-state index is 14.1. The second-order valence-corrected chi connectivity index (χ2v) is 7.75. The van der Waals surface area contributed by atoms with Crippen LogP contribution in [0.25, 0.3) is 0 Å². The molecule has 1 spiro atoms. The fraction of sp³-hybridized carbons (Fsp3) is 0.500. The van der Waals surface area contributed by atoms with Crippen molar-refractivity contribution in [1.82, 2.24) is 14.9 Å². The Morgan fingerprint density at radius 3 is 2.88 bits per heavy atom. The number of anilines is 1. The Morgan fingerprint density at radius 1 is 1.23 bits per heavy atom. The molecule has 26 heavy (non-hydrogen) atoms. The Morgan fingerprint density at radius 2 is 2.08 bits per heavy atom. The van der Waals surface area contributed by atoms with Gasteiger partial charge in [-0.05, 0) is 43.9 Å². The number of nitrogens with zero attached hydrogens (tertiary/aromatic N) is 4. The van der Waals surface area contributed by atoms with E-state index in [0.29, 0.717) is 12.1 Å². The monoisotopic (exact) mass is 358 g/mol. The zero-order valence-corrected chi connectivity index (χ0v) is 15.3. The molecular formula is C20H24F2N4. The van der Waals surface area contributed by atoms with Crippen LogP contribution in [0.1, 0.15) is 36.1 Å². The maximum Gasteiger partial charge on any atom is 0.225 e. The highest BCUT2D eigenvalue weighted by Crippen LogP contribution is 2.44. The van der Waals surface area contributed by atoms with Gasteiger partial charge in [0.2, 0.25) is 5.95 Å². The number of aromatic nitrogens is 2. The first-order chi connectivity index (χ1) is 12.5. The van der Waals surface area contributed by atoms with E-state index in [-0.39, 0.29) is 5.41 Å². The Labute approximate surface area is 152 Å². The molecule has 0 N–H and O–H groups in total. The van der Waals surface area contributed by atoms with Crippen molar-refractivity contribution >= 4 is 5.95 Å². The largest absolute Gasteiger partial charge is 0.347 e. The normalized spacial score (nSPS) is 22.6. The van der Waals surface area contributed by atoms with Crippen molar-refractivity contribution in [3.05, 3.63) is 52.9 Å². The van der Waals surface area contributed by atoms with Crippen LogP contribution in [0.5, 0.6) is 0 Å². The molecule has 0 bridgehead atoms. The molecule has 1 unspecified atom stereocenters. The minimum atomic E-state index is -0.774. The fourth-order valence-electron chi connectivity index (χ4n) is 4.42. The maximum absolute atomic E-state index is 14.1. The van der Waals surface area contributed by atoms with Crippen molar-refractivity contribution in [2.24, 2.45) is 0 Å². The molecule has 2 aromatic rings. The van der Waals surface area contributed by atoms with Crippen LogP contribution in [-0.2, 0) is 18.4 Å². The first-order valence-electron chi connectivity index (χ1n) is 9.17. The highest BCUT2D eigenvalue weighted by Gasteiger charge is 2.43. The van der Waals surface area contributed by atoms with Gasteiger partial charge >= 0.3 is 0 Å². The van der Waals surface area contributed by atoms with Gasteiger partial charge in [-0.2, -0.15) is 0 Å². The molecule has 0 amide bonds. The van der Waals surface area contributed by atoms with E-state index in [1.807, 2.05) is 25.2 Å². The standard InChI is InChI=1S/C20H24F2N4/c1-25(2)19-23-11-14-7-9-20(18(14)24-19)8-4-10-26(13-20)12-15-5-3-6-16(21)17(15)22/h3,5-6,11H,4,7-10,12-13H2,1-2H3. The zero-order valence-electron chi connectivity index (χ0n) is 15.3. The van der Waals surface area contributed by atoms with Crippen LogP contribution in [0, 0.1) is 11.6 Å². The van der Waals surface area contributed by atoms with Crippen molar-refractivity contribution in [3.8, 4) is 0 Å². The van der Waals surface area contributed by atoms with Crippen LogP contribution in [-0.4, -0.2) is 42.1 Å². The minimum Gasteiger partial charge on any atom is -0.347 e. The van der Waals surface area contributed by atoms with Gasteiger partial charge in [-0.15, -0.1) is 0 Å². The smallest absolute Gasteiger partial charge is 0.225 e. The van der Waals surface area contributed by atoms with Crippen LogP contribution < -0.4 is 4.90 Å². The minimum absolute atomic E-state index is 0.00504. The molecule has 1 aliphatic carbocycles. The lowest BCUT2D eigenvalue weighted by atomic mass is 9.77. The molecule has 1 atom stereocenters. The lowest BCUT2D eigenvalue weighted by molar-refractivity contribution is 0.135. The first-order valence-corrected chi connectivity index (χ1v) is 9.17. The molecule has 1 aromatic heterocycles. The van der Waals surface area contributed by atoms with Crippen LogP contribution in [0.15, 0.2) is 24.4 Å². The average molecular weight is 358 g/mol.